The van der Waals surface area contributed by atoms with Gasteiger partial charge in [-0.3, -0.25) is 29.0 Å². The lowest BCUT2D eigenvalue weighted by molar-refractivity contribution is -0.148. The van der Waals surface area contributed by atoms with Crippen LogP contribution in [-0.2, 0) is 19.8 Å². The number of carbonyl (C=O) groups excluding carboxylic acids is 3. The second kappa shape index (κ2) is 11.5. The highest BCUT2D eigenvalue weighted by Crippen LogP contribution is 2.47. The van der Waals surface area contributed by atoms with Crippen LogP contribution in [0.25, 0.3) is 4.85 Å². The molecule has 1 spiro atoms. The summed E-state index contributed by atoms with van der Waals surface area (Å²) in [6, 6.07) is 12.7. The van der Waals surface area contributed by atoms with Gasteiger partial charge in [0.25, 0.3) is 5.91 Å². The predicted octanol–water partition coefficient (Wildman–Crippen LogP) is 4.98. The van der Waals surface area contributed by atoms with Gasteiger partial charge in [-0.05, 0) is 68.4 Å². The number of nitrogens with zero attached hydrogens (tertiary/aromatic N) is 4. The SMILES string of the molecule is [C-]#[N+][C@@H]1C[C@@]2(CN1C(=O)[C@H](CC(C)C)N(C)C(=O)[C@H]1CC[C@H](c3ccc(F)cc3)N1C(C)C)C(=O)Nc1ccccc12. The molecule has 3 heterocycles. The highest BCUT2D eigenvalue weighted by atomic mass is 19.1. The van der Waals surface area contributed by atoms with Crippen LogP contribution in [-0.4, -0.2) is 70.3 Å². The van der Waals surface area contributed by atoms with E-state index in [1.807, 2.05) is 52.0 Å². The fourth-order valence-corrected chi connectivity index (χ4v) is 7.23. The molecule has 0 radical (unpaired) electrons. The fourth-order valence-electron chi connectivity index (χ4n) is 7.23. The molecule has 1 N–H and O–H groups in total. The average molecular weight is 574 g/mol. The van der Waals surface area contributed by atoms with Crippen molar-refractivity contribution in [2.45, 2.75) is 89.1 Å². The molecule has 5 atom stereocenters. The van der Waals surface area contributed by atoms with Crippen molar-refractivity contribution >= 4 is 23.4 Å². The molecule has 5 rings (SSSR count). The van der Waals surface area contributed by atoms with E-state index in [4.69, 9.17) is 6.57 Å². The molecule has 0 bridgehead atoms. The Balaban J connectivity index is 1.41. The minimum atomic E-state index is -0.977. The van der Waals surface area contributed by atoms with Gasteiger partial charge >= 0.3 is 6.17 Å². The van der Waals surface area contributed by atoms with E-state index in [9.17, 15) is 18.8 Å². The van der Waals surface area contributed by atoms with Crippen molar-refractivity contribution in [2.75, 3.05) is 18.9 Å². The van der Waals surface area contributed by atoms with Crippen LogP contribution in [0.2, 0.25) is 0 Å². The van der Waals surface area contributed by atoms with Crippen LogP contribution in [0.3, 0.4) is 0 Å². The predicted molar refractivity (Wildman–Crippen MR) is 159 cm³/mol. The Labute approximate surface area is 247 Å². The van der Waals surface area contributed by atoms with Gasteiger partial charge < -0.3 is 10.2 Å². The van der Waals surface area contributed by atoms with Gasteiger partial charge in [0.05, 0.1) is 12.5 Å². The maximum absolute atomic E-state index is 14.3. The lowest BCUT2D eigenvalue weighted by atomic mass is 9.80. The maximum Gasteiger partial charge on any atom is 0.302 e. The van der Waals surface area contributed by atoms with Crippen molar-refractivity contribution in [2.24, 2.45) is 5.92 Å². The summed E-state index contributed by atoms with van der Waals surface area (Å²) in [6.07, 6.45) is 1.24. The number of carbonyl (C=O) groups is 3. The van der Waals surface area contributed by atoms with Gasteiger partial charge in [-0.15, -0.1) is 0 Å². The van der Waals surface area contributed by atoms with E-state index >= 15 is 0 Å². The summed E-state index contributed by atoms with van der Waals surface area (Å²) in [5, 5.41) is 2.94. The molecule has 0 unspecified atom stereocenters. The zero-order valence-electron chi connectivity index (χ0n) is 25.0. The number of amides is 3. The third-order valence-corrected chi connectivity index (χ3v) is 9.25. The van der Waals surface area contributed by atoms with Crippen molar-refractivity contribution in [3.8, 4) is 0 Å². The largest absolute Gasteiger partial charge is 0.332 e. The highest BCUT2D eigenvalue weighted by molar-refractivity contribution is 6.07. The Kier molecular flexibility index (Phi) is 8.13. The van der Waals surface area contributed by atoms with Crippen LogP contribution in [0.15, 0.2) is 48.5 Å². The zero-order valence-corrected chi connectivity index (χ0v) is 25.0. The van der Waals surface area contributed by atoms with E-state index in [2.05, 4.69) is 15.1 Å². The Bertz CT molecular complexity index is 1400. The first-order valence-electron chi connectivity index (χ1n) is 14.9. The van der Waals surface area contributed by atoms with Crippen LogP contribution >= 0.6 is 0 Å². The highest BCUT2D eigenvalue weighted by Gasteiger charge is 2.59. The number of para-hydroxylation sites is 1. The van der Waals surface area contributed by atoms with Crippen molar-refractivity contribution in [1.82, 2.24) is 14.7 Å². The summed E-state index contributed by atoms with van der Waals surface area (Å²) in [5.41, 5.74) is 1.52. The number of halogens is 1. The van der Waals surface area contributed by atoms with E-state index in [0.717, 1.165) is 23.2 Å². The number of hydrogen-bond donors (Lipinski definition) is 1. The molecule has 0 saturated carbocycles. The van der Waals surface area contributed by atoms with E-state index < -0.39 is 23.7 Å². The van der Waals surface area contributed by atoms with Crippen LogP contribution < -0.4 is 5.32 Å². The second-order valence-electron chi connectivity index (χ2n) is 12.7. The third-order valence-electron chi connectivity index (χ3n) is 9.25. The standard InChI is InChI=1S/C33H40FN5O3/c1-20(2)17-28(31(41)38-19-33(18-29(38)35-5)24-9-7-8-10-25(24)36-32(33)42)37(6)30(40)27-16-15-26(39(27)21(3)4)22-11-13-23(34)14-12-22/h7-14,20-21,26-29H,15-19H2,1-4,6H3,(H,36,42)/t26-,27-,28+,29+,33+/m1/s1. The number of benzene rings is 2. The first kappa shape index (κ1) is 29.7. The second-order valence-corrected chi connectivity index (χ2v) is 12.7. The average Bonchev–Trinajstić information content (AvgIpc) is 3.65. The van der Waals surface area contributed by atoms with Gasteiger partial charge in [-0.2, -0.15) is 0 Å². The third kappa shape index (κ3) is 5.06. The Hall–Kier alpha value is -3.77. The fraction of sp³-hybridized carbons (Fsp3) is 0.515. The Morgan fingerprint density at radius 2 is 1.81 bits per heavy atom. The molecule has 2 fully saturated rings. The summed E-state index contributed by atoms with van der Waals surface area (Å²) in [7, 11) is 1.69. The van der Waals surface area contributed by atoms with Crippen molar-refractivity contribution in [3.05, 3.63) is 76.9 Å². The lowest BCUT2D eigenvalue weighted by Crippen LogP contribution is -2.56. The number of fused-ring (bicyclic) bond motifs is 2. The number of rotatable bonds is 7. The van der Waals surface area contributed by atoms with Gasteiger partial charge in [0.1, 0.15) is 17.3 Å². The number of hydrogen-bond acceptors (Lipinski definition) is 4. The van der Waals surface area contributed by atoms with Crippen LogP contribution in [0, 0.1) is 18.3 Å². The normalized spacial score (nSPS) is 26.0. The molecule has 0 aromatic heterocycles. The van der Waals surface area contributed by atoms with Gasteiger partial charge in [-0.25, -0.2) is 11.0 Å². The quantitative estimate of drug-likeness (QED) is 0.474. The minimum Gasteiger partial charge on any atom is -0.332 e. The van der Waals surface area contributed by atoms with Gasteiger partial charge in [0.2, 0.25) is 11.8 Å². The number of likely N-dealkylation sites (tertiary alicyclic amines) is 2. The number of likely N-dealkylation sites (N-methyl/N-ethyl adjacent to an activating group) is 1. The van der Waals surface area contributed by atoms with Crippen LogP contribution in [0.5, 0.6) is 0 Å². The Morgan fingerprint density at radius 1 is 1.12 bits per heavy atom. The smallest absolute Gasteiger partial charge is 0.302 e. The molecule has 3 aliphatic heterocycles. The topological polar surface area (TPSA) is 77.3 Å². The molecular weight excluding hydrogens is 533 g/mol. The lowest BCUT2D eigenvalue weighted by Gasteiger charge is -2.38. The zero-order chi connectivity index (χ0) is 30.3. The molecule has 42 heavy (non-hydrogen) atoms. The van der Waals surface area contributed by atoms with Crippen LogP contribution in [0.1, 0.15) is 70.5 Å². The summed E-state index contributed by atoms with van der Waals surface area (Å²) in [6.45, 7) is 16.1. The summed E-state index contributed by atoms with van der Waals surface area (Å²) >= 11 is 0. The van der Waals surface area contributed by atoms with Gasteiger partial charge in [-0.1, -0.05) is 44.2 Å². The van der Waals surface area contributed by atoms with Crippen molar-refractivity contribution in [1.29, 1.82) is 0 Å². The molecule has 0 aliphatic carbocycles. The summed E-state index contributed by atoms with van der Waals surface area (Å²) in [5.74, 6) is -0.800. The van der Waals surface area contributed by atoms with E-state index in [-0.39, 0.29) is 54.5 Å². The minimum absolute atomic E-state index is 0.0296. The summed E-state index contributed by atoms with van der Waals surface area (Å²) < 4.78 is 13.6. The monoisotopic (exact) mass is 573 g/mol. The molecule has 3 aliphatic rings. The molecular formula is C33H40FN5O3. The molecule has 2 saturated heterocycles. The van der Waals surface area contributed by atoms with E-state index in [1.54, 1.807) is 24.1 Å². The van der Waals surface area contributed by atoms with E-state index in [0.29, 0.717) is 12.8 Å². The first-order valence-corrected chi connectivity index (χ1v) is 14.9. The van der Waals surface area contributed by atoms with Gasteiger partial charge in [0, 0.05) is 31.4 Å². The molecule has 222 valence electrons. The van der Waals surface area contributed by atoms with E-state index in [1.165, 1.54) is 17.0 Å². The van der Waals surface area contributed by atoms with Crippen molar-refractivity contribution < 1.29 is 18.8 Å². The van der Waals surface area contributed by atoms with Gasteiger partial charge in [0.15, 0.2) is 0 Å². The first-order chi connectivity index (χ1) is 20.0. The summed E-state index contributed by atoms with van der Waals surface area (Å²) in [4.78, 5) is 50.8. The molecule has 3 amide bonds. The molecule has 8 nitrogen and oxygen atoms in total. The molecule has 9 heteroatoms. The number of anilines is 1. The molecule has 2 aromatic carbocycles. The Morgan fingerprint density at radius 3 is 2.45 bits per heavy atom. The van der Waals surface area contributed by atoms with Crippen LogP contribution in [0.4, 0.5) is 10.1 Å². The molecule has 2 aromatic rings. The van der Waals surface area contributed by atoms with Crippen molar-refractivity contribution in [3.63, 3.8) is 0 Å². The maximum atomic E-state index is 14.3. The number of nitrogens with one attached hydrogen (secondary N) is 1.